The summed E-state index contributed by atoms with van der Waals surface area (Å²) >= 11 is 12.3. The molecule has 7 heteroatoms. The van der Waals surface area contributed by atoms with Crippen LogP contribution in [0.2, 0.25) is 10.0 Å². The average molecular weight is 506 g/mol. The van der Waals surface area contributed by atoms with Crippen molar-refractivity contribution in [1.82, 2.24) is 14.3 Å². The van der Waals surface area contributed by atoms with Gasteiger partial charge in [0, 0.05) is 42.4 Å². The Bertz CT molecular complexity index is 1370. The van der Waals surface area contributed by atoms with E-state index in [0.717, 1.165) is 28.2 Å². The third kappa shape index (κ3) is 5.27. The highest BCUT2D eigenvalue weighted by molar-refractivity contribution is 6.30. The molecular formula is C28H25Cl2N3O2. The van der Waals surface area contributed by atoms with E-state index in [2.05, 4.69) is 0 Å². The maximum atomic E-state index is 13.0. The number of nitrogens with zero attached hydrogens (tertiary/aromatic N) is 3. The van der Waals surface area contributed by atoms with E-state index in [4.69, 9.17) is 28.2 Å². The summed E-state index contributed by atoms with van der Waals surface area (Å²) in [4.78, 5) is 19.6. The summed E-state index contributed by atoms with van der Waals surface area (Å²) in [5, 5.41) is 12.3. The van der Waals surface area contributed by atoms with Crippen LogP contribution in [0.4, 0.5) is 0 Å². The quantitative estimate of drug-likeness (QED) is 0.342. The molecular weight excluding hydrogens is 481 g/mol. The molecule has 0 atom stereocenters. The van der Waals surface area contributed by atoms with Crippen LogP contribution in [0.5, 0.6) is 0 Å². The van der Waals surface area contributed by atoms with E-state index in [-0.39, 0.29) is 5.91 Å². The molecule has 0 aliphatic carbocycles. The number of carbonyl (C=O) groups is 1. The molecule has 178 valence electrons. The molecule has 1 fully saturated rings. The van der Waals surface area contributed by atoms with Gasteiger partial charge in [-0.05, 0) is 48.7 Å². The summed E-state index contributed by atoms with van der Waals surface area (Å²) < 4.78 is 1.88. The highest BCUT2D eigenvalue weighted by Crippen LogP contribution is 2.29. The van der Waals surface area contributed by atoms with Crippen LogP contribution in [0.3, 0.4) is 0 Å². The molecule has 1 saturated heterocycles. The Morgan fingerprint density at radius 1 is 0.971 bits per heavy atom. The molecule has 2 aromatic carbocycles. The van der Waals surface area contributed by atoms with Gasteiger partial charge in [0.1, 0.15) is 5.65 Å². The number of aromatic nitrogens is 2. The van der Waals surface area contributed by atoms with Crippen molar-refractivity contribution in [3.05, 3.63) is 100 Å². The fourth-order valence-electron chi connectivity index (χ4n) is 4.57. The molecule has 0 saturated carbocycles. The molecule has 3 heterocycles. The van der Waals surface area contributed by atoms with Gasteiger partial charge >= 0.3 is 0 Å². The molecule has 2 aromatic heterocycles. The zero-order valence-corrected chi connectivity index (χ0v) is 20.6. The SMILES string of the molecule is O=C(C=Cc1c(-c2ccc(Cl)cc2)nc2ccc(Cl)cn12)N1CCC(O)(Cc2ccccc2)CC1. The molecule has 1 aliphatic heterocycles. The Kier molecular flexibility index (Phi) is 6.65. The zero-order valence-electron chi connectivity index (χ0n) is 19.1. The first kappa shape index (κ1) is 23.6. The molecule has 35 heavy (non-hydrogen) atoms. The summed E-state index contributed by atoms with van der Waals surface area (Å²) in [5.74, 6) is -0.0919. The van der Waals surface area contributed by atoms with Crippen molar-refractivity contribution < 1.29 is 9.90 Å². The van der Waals surface area contributed by atoms with E-state index in [1.807, 2.05) is 65.1 Å². The number of piperidine rings is 1. The first-order valence-electron chi connectivity index (χ1n) is 11.6. The Labute approximate surface area is 214 Å². The number of fused-ring (bicyclic) bond motifs is 1. The van der Waals surface area contributed by atoms with Crippen molar-refractivity contribution in [3.8, 4) is 11.3 Å². The van der Waals surface area contributed by atoms with Gasteiger partial charge in [-0.1, -0.05) is 65.7 Å². The maximum absolute atomic E-state index is 13.0. The van der Waals surface area contributed by atoms with Crippen LogP contribution < -0.4 is 0 Å². The molecule has 5 rings (SSSR count). The van der Waals surface area contributed by atoms with Gasteiger partial charge in [0.05, 0.1) is 22.0 Å². The van der Waals surface area contributed by atoms with Crippen molar-refractivity contribution >= 4 is 40.8 Å². The number of benzene rings is 2. The van der Waals surface area contributed by atoms with Gasteiger partial charge < -0.3 is 10.0 Å². The predicted molar refractivity (Wildman–Crippen MR) is 141 cm³/mol. The van der Waals surface area contributed by atoms with Crippen LogP contribution in [-0.4, -0.2) is 44.0 Å². The highest BCUT2D eigenvalue weighted by Gasteiger charge is 2.33. The number of hydrogen-bond acceptors (Lipinski definition) is 3. The normalized spacial score (nSPS) is 15.7. The van der Waals surface area contributed by atoms with Crippen LogP contribution >= 0.6 is 23.2 Å². The summed E-state index contributed by atoms with van der Waals surface area (Å²) in [7, 11) is 0. The Morgan fingerprint density at radius 3 is 2.37 bits per heavy atom. The zero-order chi connectivity index (χ0) is 24.4. The second kappa shape index (κ2) is 9.86. The number of halogens is 2. The van der Waals surface area contributed by atoms with Crippen molar-refractivity contribution in [3.63, 3.8) is 0 Å². The number of amides is 1. The topological polar surface area (TPSA) is 57.8 Å². The van der Waals surface area contributed by atoms with Crippen molar-refractivity contribution in [2.45, 2.75) is 24.9 Å². The monoisotopic (exact) mass is 505 g/mol. The van der Waals surface area contributed by atoms with Crippen LogP contribution in [0, 0.1) is 0 Å². The second-order valence-corrected chi connectivity index (χ2v) is 9.85. The summed E-state index contributed by atoms with van der Waals surface area (Å²) in [6.07, 6.45) is 6.83. The lowest BCUT2D eigenvalue weighted by atomic mass is 9.85. The van der Waals surface area contributed by atoms with E-state index in [1.54, 1.807) is 29.3 Å². The molecule has 0 bridgehead atoms. The first-order chi connectivity index (χ1) is 16.9. The number of carbonyl (C=O) groups excluding carboxylic acids is 1. The fraction of sp³-hybridized carbons (Fsp3) is 0.214. The molecule has 1 amide bonds. The molecule has 5 nitrogen and oxygen atoms in total. The highest BCUT2D eigenvalue weighted by atomic mass is 35.5. The van der Waals surface area contributed by atoms with Crippen molar-refractivity contribution in [1.29, 1.82) is 0 Å². The third-order valence-electron chi connectivity index (χ3n) is 6.50. The van der Waals surface area contributed by atoms with Gasteiger partial charge in [0.2, 0.25) is 5.91 Å². The van der Waals surface area contributed by atoms with Crippen molar-refractivity contribution in [2.75, 3.05) is 13.1 Å². The minimum Gasteiger partial charge on any atom is -0.389 e. The largest absolute Gasteiger partial charge is 0.389 e. The van der Waals surface area contributed by atoms with Crippen LogP contribution in [0.1, 0.15) is 24.1 Å². The van der Waals surface area contributed by atoms with Crippen LogP contribution in [0.15, 0.2) is 79.0 Å². The van der Waals surface area contributed by atoms with Gasteiger partial charge in [-0.3, -0.25) is 9.20 Å². The van der Waals surface area contributed by atoms with E-state index in [0.29, 0.717) is 42.4 Å². The van der Waals surface area contributed by atoms with E-state index in [9.17, 15) is 9.90 Å². The second-order valence-electron chi connectivity index (χ2n) is 8.97. The van der Waals surface area contributed by atoms with Gasteiger partial charge in [-0.15, -0.1) is 0 Å². The van der Waals surface area contributed by atoms with Crippen LogP contribution in [0.25, 0.3) is 23.0 Å². The molecule has 0 radical (unpaired) electrons. The van der Waals surface area contributed by atoms with Crippen LogP contribution in [-0.2, 0) is 11.2 Å². The summed E-state index contributed by atoms with van der Waals surface area (Å²) in [6.45, 7) is 1.02. The van der Waals surface area contributed by atoms with Gasteiger partial charge in [-0.25, -0.2) is 4.98 Å². The summed E-state index contributed by atoms with van der Waals surface area (Å²) in [5.41, 5.74) is 3.44. The van der Waals surface area contributed by atoms with Crippen molar-refractivity contribution in [2.24, 2.45) is 0 Å². The van der Waals surface area contributed by atoms with E-state index in [1.165, 1.54) is 0 Å². The Hall–Kier alpha value is -3.12. The van der Waals surface area contributed by atoms with Gasteiger partial charge in [-0.2, -0.15) is 0 Å². The van der Waals surface area contributed by atoms with E-state index >= 15 is 0 Å². The smallest absolute Gasteiger partial charge is 0.246 e. The number of pyridine rings is 1. The Morgan fingerprint density at radius 2 is 1.66 bits per heavy atom. The number of rotatable bonds is 5. The maximum Gasteiger partial charge on any atom is 0.246 e. The summed E-state index contributed by atoms with van der Waals surface area (Å²) in [6, 6.07) is 21.1. The third-order valence-corrected chi connectivity index (χ3v) is 6.98. The number of imidazole rings is 1. The lowest BCUT2D eigenvalue weighted by Crippen LogP contribution is -2.47. The first-order valence-corrected chi connectivity index (χ1v) is 12.3. The molecule has 1 N–H and O–H groups in total. The Balaban J connectivity index is 1.35. The number of likely N-dealkylation sites (tertiary alicyclic amines) is 1. The molecule has 1 aliphatic rings. The minimum atomic E-state index is -0.790. The van der Waals surface area contributed by atoms with Gasteiger partial charge in [0.15, 0.2) is 0 Å². The average Bonchev–Trinajstić information content (AvgIpc) is 3.21. The van der Waals surface area contributed by atoms with Gasteiger partial charge in [0.25, 0.3) is 0 Å². The molecule has 4 aromatic rings. The number of aliphatic hydroxyl groups is 1. The number of hydrogen-bond donors (Lipinski definition) is 1. The minimum absolute atomic E-state index is 0.0919. The lowest BCUT2D eigenvalue weighted by Gasteiger charge is -2.38. The molecule has 0 spiro atoms. The fourth-order valence-corrected chi connectivity index (χ4v) is 4.85. The standard InChI is InChI=1S/C28H25Cl2N3O2/c29-22-8-6-21(7-9-22)27-24(33-19-23(30)10-12-25(33)31-27)11-13-26(34)32-16-14-28(35,15-17-32)18-20-4-2-1-3-5-20/h1-13,19,35H,14-18H2. The molecule has 0 unspecified atom stereocenters. The lowest BCUT2D eigenvalue weighted by molar-refractivity contribution is -0.130. The van der Waals surface area contributed by atoms with E-state index < -0.39 is 5.60 Å². The predicted octanol–water partition coefficient (Wildman–Crippen LogP) is 5.92.